The topological polar surface area (TPSA) is 37.7 Å². The Bertz CT molecular complexity index is 739. The first kappa shape index (κ1) is 14.7. The van der Waals surface area contributed by atoms with Crippen LogP contribution in [0.25, 0.3) is 10.9 Å². The van der Waals surface area contributed by atoms with Gasteiger partial charge in [-0.15, -0.1) is 0 Å². The number of aryl methyl sites for hydroxylation is 1. The monoisotopic (exact) mass is 313 g/mol. The van der Waals surface area contributed by atoms with Crippen LogP contribution in [-0.2, 0) is 11.8 Å². The highest BCUT2D eigenvalue weighted by atomic mass is 16.5. The number of carbonyl (C=O) groups excluding carboxylic acids is 1. The molecule has 0 aliphatic carbocycles. The number of nitrogens with zero attached hydrogens (tertiary/aromatic N) is 3. The maximum atomic E-state index is 13.2. The van der Waals surface area contributed by atoms with E-state index in [9.17, 15) is 4.79 Å². The molecule has 1 aromatic carbocycles. The Morgan fingerprint density at radius 3 is 2.87 bits per heavy atom. The van der Waals surface area contributed by atoms with Crippen LogP contribution in [0.4, 0.5) is 0 Å². The fourth-order valence-electron chi connectivity index (χ4n) is 3.88. The number of aromatic nitrogens is 1. The van der Waals surface area contributed by atoms with Crippen LogP contribution in [0.1, 0.15) is 10.4 Å². The molecule has 2 aromatic rings. The first-order valence-corrected chi connectivity index (χ1v) is 8.25. The van der Waals surface area contributed by atoms with E-state index in [4.69, 9.17) is 4.74 Å². The Morgan fingerprint density at radius 2 is 2.00 bits per heavy atom. The van der Waals surface area contributed by atoms with Crippen molar-refractivity contribution in [3.05, 3.63) is 36.0 Å². The van der Waals surface area contributed by atoms with E-state index in [-0.39, 0.29) is 5.91 Å². The van der Waals surface area contributed by atoms with Gasteiger partial charge in [0.2, 0.25) is 0 Å². The van der Waals surface area contributed by atoms with Crippen LogP contribution in [-0.4, -0.2) is 66.2 Å². The number of hydrogen-bond acceptors (Lipinski definition) is 3. The number of ether oxygens (including phenoxy) is 1. The summed E-state index contributed by atoms with van der Waals surface area (Å²) in [7, 11) is 4.15. The number of benzene rings is 1. The summed E-state index contributed by atoms with van der Waals surface area (Å²) in [5, 5.41) is 1.04. The van der Waals surface area contributed by atoms with Gasteiger partial charge in [0.1, 0.15) is 0 Å². The zero-order valence-electron chi connectivity index (χ0n) is 13.7. The van der Waals surface area contributed by atoms with Crippen molar-refractivity contribution in [1.29, 1.82) is 0 Å². The number of likely N-dealkylation sites (N-methyl/N-ethyl adjacent to an activating group) is 1. The first-order valence-electron chi connectivity index (χ1n) is 8.25. The van der Waals surface area contributed by atoms with Gasteiger partial charge in [-0.1, -0.05) is 6.07 Å². The molecule has 122 valence electrons. The molecule has 5 heteroatoms. The predicted molar refractivity (Wildman–Crippen MR) is 89.5 cm³/mol. The van der Waals surface area contributed by atoms with Gasteiger partial charge in [0, 0.05) is 55.3 Å². The van der Waals surface area contributed by atoms with Gasteiger partial charge in [-0.3, -0.25) is 9.69 Å². The zero-order valence-corrected chi connectivity index (χ0v) is 13.7. The van der Waals surface area contributed by atoms with E-state index >= 15 is 0 Å². The molecule has 0 N–H and O–H groups in total. The molecule has 2 aliphatic rings. The Hall–Kier alpha value is -1.85. The van der Waals surface area contributed by atoms with E-state index in [1.54, 1.807) is 0 Å². The van der Waals surface area contributed by atoms with Crippen molar-refractivity contribution in [2.75, 3.05) is 39.9 Å². The van der Waals surface area contributed by atoms with E-state index in [0.717, 1.165) is 42.7 Å². The van der Waals surface area contributed by atoms with Crippen LogP contribution in [0, 0.1) is 5.92 Å². The zero-order chi connectivity index (χ0) is 16.0. The molecule has 0 spiro atoms. The molecule has 2 fully saturated rings. The largest absolute Gasteiger partial charge is 0.379 e. The Morgan fingerprint density at radius 1 is 1.13 bits per heavy atom. The molecule has 1 amide bonds. The highest BCUT2D eigenvalue weighted by Gasteiger charge is 2.34. The van der Waals surface area contributed by atoms with E-state index in [1.807, 2.05) is 36.3 Å². The quantitative estimate of drug-likeness (QED) is 0.802. The van der Waals surface area contributed by atoms with Crippen molar-refractivity contribution in [2.45, 2.75) is 6.04 Å². The van der Waals surface area contributed by atoms with Gasteiger partial charge in [-0.05, 0) is 25.2 Å². The highest BCUT2D eigenvalue weighted by Crippen LogP contribution is 2.24. The van der Waals surface area contributed by atoms with Crippen LogP contribution >= 0.6 is 0 Å². The van der Waals surface area contributed by atoms with Crippen molar-refractivity contribution in [3.8, 4) is 0 Å². The minimum atomic E-state index is 0.147. The van der Waals surface area contributed by atoms with Crippen molar-refractivity contribution >= 4 is 16.8 Å². The minimum Gasteiger partial charge on any atom is -0.379 e. The number of hydrogen-bond donors (Lipinski definition) is 0. The summed E-state index contributed by atoms with van der Waals surface area (Å²) in [5.74, 6) is 0.542. The summed E-state index contributed by atoms with van der Waals surface area (Å²) in [6, 6.07) is 8.32. The van der Waals surface area contributed by atoms with Crippen LogP contribution in [0.3, 0.4) is 0 Å². The third kappa shape index (κ3) is 2.54. The smallest absolute Gasteiger partial charge is 0.254 e. The molecule has 4 rings (SSSR count). The second-order valence-corrected chi connectivity index (χ2v) is 6.87. The van der Waals surface area contributed by atoms with Gasteiger partial charge in [-0.25, -0.2) is 0 Å². The molecular weight excluding hydrogens is 290 g/mol. The summed E-state index contributed by atoms with van der Waals surface area (Å²) in [5.41, 5.74) is 1.91. The molecule has 2 bridgehead atoms. The van der Waals surface area contributed by atoms with Gasteiger partial charge in [0.05, 0.1) is 19.3 Å². The standard InChI is InChI=1S/C18H23N3O2/c1-19-7-6-15-16(4-3-5-17(15)19)18(22)21-9-13-8-20(2)14(10-21)12-23-11-13/h3-7,13-14H,8-12H2,1-2H3/t13-,14+/m1/s1. The SMILES string of the molecule is CN1C[C@H]2COC[C@@H]1CN(C(=O)c1cccc3c1ccn3C)C2. The summed E-state index contributed by atoms with van der Waals surface area (Å²) in [4.78, 5) is 17.5. The molecule has 2 saturated heterocycles. The number of rotatable bonds is 1. The summed E-state index contributed by atoms with van der Waals surface area (Å²) in [6.45, 7) is 3.99. The van der Waals surface area contributed by atoms with Crippen molar-refractivity contribution < 1.29 is 9.53 Å². The fraction of sp³-hybridized carbons (Fsp3) is 0.500. The Kier molecular flexibility index (Phi) is 3.62. The number of carbonyl (C=O) groups is 1. The van der Waals surface area contributed by atoms with Crippen LogP contribution in [0.5, 0.6) is 0 Å². The lowest BCUT2D eigenvalue weighted by molar-refractivity contribution is 0.0435. The molecule has 2 atom stereocenters. The van der Waals surface area contributed by atoms with E-state index in [2.05, 4.69) is 22.6 Å². The maximum absolute atomic E-state index is 13.2. The average molecular weight is 313 g/mol. The molecule has 2 aliphatic heterocycles. The minimum absolute atomic E-state index is 0.147. The van der Waals surface area contributed by atoms with Gasteiger partial charge < -0.3 is 14.2 Å². The average Bonchev–Trinajstić information content (AvgIpc) is 2.72. The van der Waals surface area contributed by atoms with Gasteiger partial charge in [-0.2, -0.15) is 0 Å². The highest BCUT2D eigenvalue weighted by molar-refractivity contribution is 6.06. The first-order chi connectivity index (χ1) is 11.1. The summed E-state index contributed by atoms with van der Waals surface area (Å²) in [6.07, 6.45) is 2.01. The lowest BCUT2D eigenvalue weighted by Crippen LogP contribution is -2.44. The molecule has 5 nitrogen and oxygen atoms in total. The molecule has 23 heavy (non-hydrogen) atoms. The fourth-order valence-corrected chi connectivity index (χ4v) is 3.88. The normalized spacial score (nSPS) is 25.6. The second kappa shape index (κ2) is 5.65. The van der Waals surface area contributed by atoms with Crippen molar-refractivity contribution in [2.24, 2.45) is 13.0 Å². The van der Waals surface area contributed by atoms with Gasteiger partial charge in [0.25, 0.3) is 5.91 Å². The number of fused-ring (bicyclic) bond motifs is 4. The van der Waals surface area contributed by atoms with Crippen LogP contribution in [0.15, 0.2) is 30.5 Å². The van der Waals surface area contributed by atoms with Crippen molar-refractivity contribution in [1.82, 2.24) is 14.4 Å². The third-order valence-corrected chi connectivity index (χ3v) is 5.19. The third-order valence-electron chi connectivity index (χ3n) is 5.19. The Balaban J connectivity index is 1.68. The van der Waals surface area contributed by atoms with Gasteiger partial charge in [0.15, 0.2) is 0 Å². The Labute approximate surface area is 136 Å². The number of amides is 1. The molecular formula is C18H23N3O2. The molecule has 1 aromatic heterocycles. The van der Waals surface area contributed by atoms with Crippen molar-refractivity contribution in [3.63, 3.8) is 0 Å². The second-order valence-electron chi connectivity index (χ2n) is 6.87. The summed E-state index contributed by atoms with van der Waals surface area (Å²) < 4.78 is 7.82. The molecule has 0 unspecified atom stereocenters. The predicted octanol–water partition coefficient (Wildman–Crippen LogP) is 1.58. The van der Waals surface area contributed by atoms with E-state index < -0.39 is 0 Å². The van der Waals surface area contributed by atoms with Crippen LogP contribution < -0.4 is 0 Å². The van der Waals surface area contributed by atoms with E-state index in [0.29, 0.717) is 18.6 Å². The lowest BCUT2D eigenvalue weighted by Gasteiger charge is -2.30. The van der Waals surface area contributed by atoms with E-state index in [1.165, 1.54) is 0 Å². The molecule has 3 heterocycles. The maximum Gasteiger partial charge on any atom is 0.254 e. The van der Waals surface area contributed by atoms with Crippen LogP contribution in [0.2, 0.25) is 0 Å². The van der Waals surface area contributed by atoms with Gasteiger partial charge >= 0.3 is 0 Å². The molecule has 0 saturated carbocycles. The molecule has 0 radical (unpaired) electrons. The summed E-state index contributed by atoms with van der Waals surface area (Å²) >= 11 is 0. The lowest BCUT2D eigenvalue weighted by atomic mass is 10.1.